The Balaban J connectivity index is 0.000000130. The number of rotatable bonds is 11. The highest BCUT2D eigenvalue weighted by Gasteiger charge is 2.39. The first-order valence-corrected chi connectivity index (χ1v) is 35.9. The van der Waals surface area contributed by atoms with E-state index < -0.39 is 15.9 Å². The van der Waals surface area contributed by atoms with Gasteiger partial charge < -0.3 is 67.4 Å². The number of benzene rings is 5. The average molecular weight is 1340 g/mol. The van der Waals surface area contributed by atoms with Crippen molar-refractivity contribution in [3.63, 3.8) is 0 Å². The second kappa shape index (κ2) is 32.4. The Morgan fingerprint density at radius 2 is 0.758 bits per heavy atom. The third-order valence-electron chi connectivity index (χ3n) is 19.2. The van der Waals surface area contributed by atoms with Gasteiger partial charge in [0.2, 0.25) is 23.6 Å². The van der Waals surface area contributed by atoms with Gasteiger partial charge in [-0.2, -0.15) is 11.8 Å². The van der Waals surface area contributed by atoms with Crippen LogP contribution in [0.15, 0.2) is 91.0 Å². The number of likely N-dealkylation sites (tertiary alicyclic amines) is 2. The fourth-order valence-electron chi connectivity index (χ4n) is 13.3. The van der Waals surface area contributed by atoms with Gasteiger partial charge in [0.1, 0.15) is 5.75 Å². The Morgan fingerprint density at radius 3 is 1.14 bits per heavy atom. The summed E-state index contributed by atoms with van der Waals surface area (Å²) >= 11 is 1.97. The zero-order valence-corrected chi connectivity index (χ0v) is 57.5. The summed E-state index contributed by atoms with van der Waals surface area (Å²) in [6.45, 7) is 8.28. The van der Waals surface area contributed by atoms with Gasteiger partial charge in [-0.3, -0.25) is 43.6 Å². The molecule has 5 aromatic rings. The number of sulfone groups is 1. The molecule has 4 fully saturated rings. The number of carbonyl (C=O) groups is 5. The normalized spacial score (nSPS) is 23.8. The molecule has 0 bridgehead atoms. The van der Waals surface area contributed by atoms with Crippen LogP contribution in [0.3, 0.4) is 0 Å². The smallest absolute Gasteiger partial charge is 0.265 e. The third kappa shape index (κ3) is 17.7. The second-order valence-electron chi connectivity index (χ2n) is 25.0. The largest absolute Gasteiger partial charge is 0.479 e. The lowest BCUT2D eigenvalue weighted by Gasteiger charge is -2.38. The van der Waals surface area contributed by atoms with E-state index in [1.807, 2.05) is 106 Å². The molecule has 0 aromatic heterocycles. The van der Waals surface area contributed by atoms with E-state index in [2.05, 4.69) is 104 Å². The summed E-state index contributed by atoms with van der Waals surface area (Å²) in [6.07, 6.45) is 6.24. The summed E-state index contributed by atoms with van der Waals surface area (Å²) < 4.78 is 39.2. The van der Waals surface area contributed by atoms with E-state index in [4.69, 9.17) is 14.2 Å². The van der Waals surface area contributed by atoms with Crippen LogP contribution < -0.4 is 57.9 Å². The number of thioether (sulfide) groups is 1. The molecule has 95 heavy (non-hydrogen) atoms. The Morgan fingerprint density at radius 1 is 0.432 bits per heavy atom. The van der Waals surface area contributed by atoms with Gasteiger partial charge in [-0.05, 0) is 141 Å². The van der Waals surface area contributed by atoms with E-state index in [1.165, 1.54) is 16.7 Å². The highest BCUT2D eigenvalue weighted by Crippen LogP contribution is 2.35. The minimum absolute atomic E-state index is 0.00818. The van der Waals surface area contributed by atoms with E-state index in [0.717, 1.165) is 157 Å². The van der Waals surface area contributed by atoms with Gasteiger partial charge in [0, 0.05) is 165 Å². The molecule has 0 aliphatic carbocycles. The van der Waals surface area contributed by atoms with Crippen molar-refractivity contribution in [2.45, 2.75) is 94.3 Å². The van der Waals surface area contributed by atoms with Crippen LogP contribution in [0.25, 0.3) is 0 Å². The Kier molecular flexibility index (Phi) is 23.9. The molecule has 4 unspecified atom stereocenters. The van der Waals surface area contributed by atoms with E-state index in [9.17, 15) is 32.4 Å². The standard InChI is InChI=1S/C16H23N3O2.C15H21N3O2.C14H19N3O3S.C14H19N3OS.C10H12N2O2/c1-17-12-4-3-11-9-15(16(20)18-14(11)10-12)19-7-5-13(21-2)6-8-19;1-16-11-4-3-10-7-14(15(19)17-13(10)8-11)18-6-5-12(9-18)20-2;1-15-11-3-2-10-8-13(14(18)16-12(10)9-11)17-4-6-21(19,20)7-5-17;1-15-11-3-2-10-8-13(14(18)16-12(10)9-11)17-4-6-19-7-5-17;1-6-10(13)12-8-5-7(11-2)3-4-9(8)14-6/h3-4,10,13,15,17H,5-9H2,1-2H3,(H,18,20);3-4,8,12,14,16H,5-7,9H2,1-2H3,(H,17,19);2-3,9,13,15H,4-8H2,1H3,(H,16,18);2-3,9,13,15H,4-8H2,1H3,(H,16,18);3-6,11H,1-2H3,(H,12,13)/t;12-,14?;;;6-/m.1..0/s1. The van der Waals surface area contributed by atoms with Crippen molar-refractivity contribution >= 4 is 108 Å². The molecule has 0 saturated carbocycles. The minimum atomic E-state index is -2.92. The first-order chi connectivity index (χ1) is 45.9. The lowest BCUT2D eigenvalue weighted by Crippen LogP contribution is -2.53. The number of fused-ring (bicyclic) bond motifs is 5. The molecule has 24 nitrogen and oxygen atoms in total. The van der Waals surface area contributed by atoms with Gasteiger partial charge in [0.25, 0.3) is 5.91 Å². The average Bonchev–Trinajstić information content (AvgIpc) is 1.20. The summed E-state index contributed by atoms with van der Waals surface area (Å²) in [7, 11) is 9.90. The molecule has 10 N–H and O–H groups in total. The number of amides is 5. The monoisotopic (exact) mass is 1340 g/mol. The Bertz CT molecular complexity index is 3650. The van der Waals surface area contributed by atoms with Crippen LogP contribution in [0.5, 0.6) is 5.75 Å². The van der Waals surface area contributed by atoms with Crippen molar-refractivity contribution in [3.8, 4) is 5.75 Å². The van der Waals surface area contributed by atoms with E-state index >= 15 is 0 Å². The Hall–Kier alpha value is -7.69. The van der Waals surface area contributed by atoms with E-state index in [-0.39, 0.29) is 71.3 Å². The van der Waals surface area contributed by atoms with Crippen molar-refractivity contribution in [1.82, 2.24) is 19.6 Å². The number of carbonyl (C=O) groups excluding carboxylic acids is 5. The fraction of sp³-hybridized carbons (Fsp3) is 0.493. The first kappa shape index (κ1) is 70.1. The SMILES string of the molecule is CNc1ccc2c(c1)NC(=O)C(N1CCC(OC)CC1)C2.CNc1ccc2c(c1)NC(=O)C(N1CCS(=O)(=O)CC1)C2.CNc1ccc2c(c1)NC(=O)C(N1CCSCC1)C2.CNc1ccc2c(c1)NC(=O)C(N1CC[C@@H](OC)C1)C2.CNc1ccc2c(c1)NC(=O)[C@H](C)O2. The van der Waals surface area contributed by atoms with Gasteiger partial charge in [0.05, 0.1) is 53.6 Å². The lowest BCUT2D eigenvalue weighted by atomic mass is 9.95. The van der Waals surface area contributed by atoms with Crippen LogP contribution in [0.4, 0.5) is 56.9 Å². The number of nitrogens with one attached hydrogen (secondary N) is 10. The predicted octanol–water partition coefficient (Wildman–Crippen LogP) is 6.42. The van der Waals surface area contributed by atoms with Gasteiger partial charge in [-0.25, -0.2) is 8.42 Å². The van der Waals surface area contributed by atoms with Crippen molar-refractivity contribution < 1.29 is 46.6 Å². The van der Waals surface area contributed by atoms with Crippen molar-refractivity contribution in [2.24, 2.45) is 0 Å². The highest BCUT2D eigenvalue weighted by molar-refractivity contribution is 7.99. The summed E-state index contributed by atoms with van der Waals surface area (Å²) in [6, 6.07) is 29.6. The number of piperidine rings is 1. The lowest BCUT2D eigenvalue weighted by molar-refractivity contribution is -0.123. The zero-order chi connectivity index (χ0) is 67.3. The van der Waals surface area contributed by atoms with Crippen molar-refractivity contribution in [2.75, 3.05) is 178 Å². The molecule has 9 aliphatic rings. The summed E-state index contributed by atoms with van der Waals surface area (Å²) in [5.74, 6) is 3.48. The van der Waals surface area contributed by atoms with Gasteiger partial charge in [0.15, 0.2) is 15.9 Å². The molecular weight excluding hydrogens is 1250 g/mol. The summed E-state index contributed by atoms with van der Waals surface area (Å²) in [5, 5.41) is 30.2. The molecule has 14 rings (SSSR count). The maximum atomic E-state index is 12.4. The van der Waals surface area contributed by atoms with Crippen LogP contribution in [0.2, 0.25) is 0 Å². The second-order valence-corrected chi connectivity index (χ2v) is 28.5. The number of nitrogens with zero attached hydrogens (tertiary/aromatic N) is 4. The minimum Gasteiger partial charge on any atom is -0.479 e. The molecule has 0 radical (unpaired) electrons. The predicted molar refractivity (Wildman–Crippen MR) is 381 cm³/mol. The van der Waals surface area contributed by atoms with Crippen LogP contribution in [-0.2, 0) is 69.0 Å². The molecular formula is C69H94N14O10S2. The van der Waals surface area contributed by atoms with Crippen molar-refractivity contribution in [3.05, 3.63) is 113 Å². The highest BCUT2D eigenvalue weighted by atomic mass is 32.2. The molecule has 9 heterocycles. The molecule has 4 saturated heterocycles. The maximum Gasteiger partial charge on any atom is 0.265 e. The molecule has 5 aromatic carbocycles. The zero-order valence-electron chi connectivity index (χ0n) is 55.8. The third-order valence-corrected chi connectivity index (χ3v) is 21.7. The number of methoxy groups -OCH3 is 2. The first-order valence-electron chi connectivity index (χ1n) is 32.9. The van der Waals surface area contributed by atoms with E-state index in [1.54, 1.807) is 21.1 Å². The molecule has 512 valence electrons. The van der Waals surface area contributed by atoms with Crippen LogP contribution in [0, 0.1) is 0 Å². The number of hydrogen-bond donors (Lipinski definition) is 10. The topological polar surface area (TPSA) is 280 Å². The quantitative estimate of drug-likeness (QED) is 0.0683. The van der Waals surface area contributed by atoms with Crippen LogP contribution in [-0.4, -0.2) is 225 Å². The Labute approximate surface area is 562 Å². The van der Waals surface area contributed by atoms with Crippen molar-refractivity contribution in [1.29, 1.82) is 0 Å². The van der Waals surface area contributed by atoms with Gasteiger partial charge in [-0.15, -0.1) is 0 Å². The molecule has 26 heteroatoms. The molecule has 5 amide bonds. The summed E-state index contributed by atoms with van der Waals surface area (Å²) in [4.78, 5) is 69.4. The number of ether oxygens (including phenoxy) is 3. The molecule has 6 atom stereocenters. The summed E-state index contributed by atoms with van der Waals surface area (Å²) in [5.41, 5.74) is 14.1. The van der Waals surface area contributed by atoms with Gasteiger partial charge >= 0.3 is 0 Å². The van der Waals surface area contributed by atoms with E-state index in [0.29, 0.717) is 25.6 Å². The number of hydrogen-bond acceptors (Lipinski definition) is 20. The molecule has 9 aliphatic heterocycles. The van der Waals surface area contributed by atoms with Crippen LogP contribution in [0.1, 0.15) is 48.4 Å². The fourth-order valence-corrected chi connectivity index (χ4v) is 15.5. The maximum absolute atomic E-state index is 12.4. The van der Waals surface area contributed by atoms with Crippen LogP contribution >= 0.6 is 11.8 Å². The molecule has 0 spiro atoms. The number of anilines is 10. The van der Waals surface area contributed by atoms with Gasteiger partial charge in [-0.1, -0.05) is 24.3 Å².